The Labute approximate surface area is 173 Å². The van der Waals surface area contributed by atoms with Gasteiger partial charge in [-0.2, -0.15) is 0 Å². The van der Waals surface area contributed by atoms with E-state index in [2.05, 4.69) is 15.2 Å². The topological polar surface area (TPSA) is 63.2 Å². The number of likely N-dealkylation sites (tertiary alicyclic amines) is 1. The Morgan fingerprint density at radius 3 is 2.92 bits per heavy atom. The first kappa shape index (κ1) is 22.5. The highest BCUT2D eigenvalue weighted by Crippen LogP contribution is 2.18. The highest BCUT2D eigenvalue weighted by molar-refractivity contribution is 14.0. The molecular formula is C19H30IN3O3. The lowest BCUT2D eigenvalue weighted by atomic mass is 9.98. The molecule has 0 radical (unpaired) electrons. The molecule has 2 rings (SSSR count). The van der Waals surface area contributed by atoms with Crippen LogP contribution < -0.4 is 10.1 Å². The Balaban J connectivity index is 0.00000338. The SMILES string of the molecule is CCOC(=O)C1CCCN(C(=NC)NCCOc2cccc(C)c2)C1.I. The van der Waals surface area contributed by atoms with Crippen LogP contribution in [0.3, 0.4) is 0 Å². The summed E-state index contributed by atoms with van der Waals surface area (Å²) in [6.07, 6.45) is 1.84. The van der Waals surface area contributed by atoms with Crippen molar-refractivity contribution in [3.05, 3.63) is 29.8 Å². The summed E-state index contributed by atoms with van der Waals surface area (Å²) in [7, 11) is 1.76. The fraction of sp³-hybridized carbons (Fsp3) is 0.579. The van der Waals surface area contributed by atoms with E-state index in [0.29, 0.717) is 26.3 Å². The molecule has 6 nitrogen and oxygen atoms in total. The van der Waals surface area contributed by atoms with Gasteiger partial charge in [-0.3, -0.25) is 9.79 Å². The molecule has 146 valence electrons. The molecule has 1 aromatic carbocycles. The smallest absolute Gasteiger partial charge is 0.310 e. The maximum atomic E-state index is 12.0. The number of guanidine groups is 1. The average molecular weight is 475 g/mol. The third-order valence-corrected chi connectivity index (χ3v) is 4.20. The van der Waals surface area contributed by atoms with E-state index < -0.39 is 0 Å². The maximum Gasteiger partial charge on any atom is 0.310 e. The second kappa shape index (κ2) is 12.0. The zero-order valence-electron chi connectivity index (χ0n) is 15.9. The van der Waals surface area contributed by atoms with Gasteiger partial charge in [0, 0.05) is 20.1 Å². The number of hydrogen-bond donors (Lipinski definition) is 1. The fourth-order valence-electron chi connectivity index (χ4n) is 2.99. The average Bonchev–Trinajstić information content (AvgIpc) is 2.62. The molecule has 7 heteroatoms. The molecule has 26 heavy (non-hydrogen) atoms. The van der Waals surface area contributed by atoms with Crippen LogP contribution in [-0.4, -0.2) is 56.7 Å². The van der Waals surface area contributed by atoms with Gasteiger partial charge in [-0.25, -0.2) is 0 Å². The zero-order valence-corrected chi connectivity index (χ0v) is 18.2. The first-order chi connectivity index (χ1) is 12.1. The van der Waals surface area contributed by atoms with Gasteiger partial charge in [0.2, 0.25) is 0 Å². The number of benzene rings is 1. The number of ether oxygens (including phenoxy) is 2. The molecule has 0 amide bonds. The lowest BCUT2D eigenvalue weighted by Crippen LogP contribution is -2.49. The van der Waals surface area contributed by atoms with Crippen LogP contribution >= 0.6 is 24.0 Å². The van der Waals surface area contributed by atoms with Crippen molar-refractivity contribution in [1.82, 2.24) is 10.2 Å². The second-order valence-electron chi connectivity index (χ2n) is 6.18. The van der Waals surface area contributed by atoms with Crippen molar-refractivity contribution in [2.45, 2.75) is 26.7 Å². The minimum Gasteiger partial charge on any atom is -0.492 e. The number of nitrogens with zero attached hydrogens (tertiary/aromatic N) is 2. The highest BCUT2D eigenvalue weighted by Gasteiger charge is 2.28. The summed E-state index contributed by atoms with van der Waals surface area (Å²) in [5, 5.41) is 3.31. The molecule has 0 aliphatic carbocycles. The summed E-state index contributed by atoms with van der Waals surface area (Å²) in [6, 6.07) is 8.00. The summed E-state index contributed by atoms with van der Waals surface area (Å²) in [5.41, 5.74) is 1.18. The molecule has 1 N–H and O–H groups in total. The van der Waals surface area contributed by atoms with Crippen LogP contribution in [0.2, 0.25) is 0 Å². The van der Waals surface area contributed by atoms with Crippen molar-refractivity contribution in [2.24, 2.45) is 10.9 Å². The van der Waals surface area contributed by atoms with Crippen LogP contribution in [-0.2, 0) is 9.53 Å². The summed E-state index contributed by atoms with van der Waals surface area (Å²) < 4.78 is 10.9. The lowest BCUT2D eigenvalue weighted by Gasteiger charge is -2.33. The molecule has 0 bridgehead atoms. The largest absolute Gasteiger partial charge is 0.492 e. The molecule has 1 saturated heterocycles. The van der Waals surface area contributed by atoms with Crippen LogP contribution in [0.4, 0.5) is 0 Å². The van der Waals surface area contributed by atoms with Crippen molar-refractivity contribution >= 4 is 35.9 Å². The van der Waals surface area contributed by atoms with Gasteiger partial charge in [-0.05, 0) is 44.4 Å². The monoisotopic (exact) mass is 475 g/mol. The van der Waals surface area contributed by atoms with Gasteiger partial charge in [0.15, 0.2) is 5.96 Å². The van der Waals surface area contributed by atoms with Crippen molar-refractivity contribution in [1.29, 1.82) is 0 Å². The number of piperidine rings is 1. The van der Waals surface area contributed by atoms with Crippen molar-refractivity contribution < 1.29 is 14.3 Å². The molecule has 1 aliphatic rings. The number of nitrogens with one attached hydrogen (secondary N) is 1. The fourth-order valence-corrected chi connectivity index (χ4v) is 2.99. The maximum absolute atomic E-state index is 12.0. The van der Waals surface area contributed by atoms with Crippen molar-refractivity contribution in [2.75, 3.05) is 39.9 Å². The first-order valence-corrected chi connectivity index (χ1v) is 8.95. The van der Waals surface area contributed by atoms with E-state index in [-0.39, 0.29) is 35.9 Å². The van der Waals surface area contributed by atoms with Crippen LogP contribution in [0.5, 0.6) is 5.75 Å². The van der Waals surface area contributed by atoms with Gasteiger partial charge < -0.3 is 19.7 Å². The number of carbonyl (C=O) groups is 1. The Kier molecular flexibility index (Phi) is 10.4. The van der Waals surface area contributed by atoms with Crippen LogP contribution in [0.15, 0.2) is 29.3 Å². The normalized spacial score (nSPS) is 17.3. The Morgan fingerprint density at radius 2 is 2.23 bits per heavy atom. The molecule has 1 atom stereocenters. The number of esters is 1. The van der Waals surface area contributed by atoms with Gasteiger partial charge in [0.05, 0.1) is 19.1 Å². The number of halogens is 1. The van der Waals surface area contributed by atoms with E-state index in [0.717, 1.165) is 31.1 Å². The molecule has 0 spiro atoms. The summed E-state index contributed by atoms with van der Waals surface area (Å²) >= 11 is 0. The van der Waals surface area contributed by atoms with Gasteiger partial charge in [-0.1, -0.05) is 12.1 Å². The molecular weight excluding hydrogens is 445 g/mol. The summed E-state index contributed by atoms with van der Waals surface area (Å²) in [6.45, 7) is 7.07. The Bertz CT molecular complexity index is 595. The standard InChI is InChI=1S/C19H29N3O3.HI/c1-4-24-18(23)16-8-6-11-22(14-16)19(20-3)21-10-12-25-17-9-5-7-15(2)13-17;/h5,7,9,13,16H,4,6,8,10-12,14H2,1-3H3,(H,20,21);1H. The van der Waals surface area contributed by atoms with E-state index in [9.17, 15) is 4.79 Å². The number of hydrogen-bond acceptors (Lipinski definition) is 4. The quantitative estimate of drug-likeness (QED) is 0.226. The van der Waals surface area contributed by atoms with Gasteiger partial charge in [0.25, 0.3) is 0 Å². The van der Waals surface area contributed by atoms with Crippen LogP contribution in [0.1, 0.15) is 25.3 Å². The highest BCUT2D eigenvalue weighted by atomic mass is 127. The van der Waals surface area contributed by atoms with E-state index >= 15 is 0 Å². The van der Waals surface area contributed by atoms with Gasteiger partial charge in [-0.15, -0.1) is 24.0 Å². The molecule has 0 aromatic heterocycles. The summed E-state index contributed by atoms with van der Waals surface area (Å²) in [5.74, 6) is 1.50. The third kappa shape index (κ3) is 7.01. The van der Waals surface area contributed by atoms with E-state index in [1.807, 2.05) is 38.1 Å². The summed E-state index contributed by atoms with van der Waals surface area (Å²) in [4.78, 5) is 18.4. The third-order valence-electron chi connectivity index (χ3n) is 4.20. The predicted molar refractivity (Wildman–Crippen MR) is 114 cm³/mol. The number of aliphatic imine (C=N–C) groups is 1. The van der Waals surface area contributed by atoms with Crippen molar-refractivity contribution in [3.8, 4) is 5.75 Å². The lowest BCUT2D eigenvalue weighted by molar-refractivity contribution is -0.149. The minimum atomic E-state index is -0.106. The molecule has 1 aromatic rings. The van der Waals surface area contributed by atoms with Crippen LogP contribution in [0.25, 0.3) is 0 Å². The van der Waals surface area contributed by atoms with E-state index in [1.165, 1.54) is 5.56 Å². The zero-order chi connectivity index (χ0) is 18.1. The van der Waals surface area contributed by atoms with Crippen molar-refractivity contribution in [3.63, 3.8) is 0 Å². The minimum absolute atomic E-state index is 0. The Morgan fingerprint density at radius 1 is 1.42 bits per heavy atom. The molecule has 1 unspecified atom stereocenters. The molecule has 1 heterocycles. The number of aryl methyl sites for hydroxylation is 1. The predicted octanol–water partition coefficient (Wildman–Crippen LogP) is 2.84. The van der Waals surface area contributed by atoms with Gasteiger partial charge in [0.1, 0.15) is 12.4 Å². The first-order valence-electron chi connectivity index (χ1n) is 8.95. The number of carbonyl (C=O) groups excluding carboxylic acids is 1. The van der Waals surface area contributed by atoms with E-state index in [4.69, 9.17) is 9.47 Å². The van der Waals surface area contributed by atoms with E-state index in [1.54, 1.807) is 7.05 Å². The molecule has 1 aliphatic heterocycles. The molecule has 1 fully saturated rings. The molecule has 0 saturated carbocycles. The van der Waals surface area contributed by atoms with Gasteiger partial charge >= 0.3 is 5.97 Å². The Hall–Kier alpha value is -1.51. The number of rotatable bonds is 6. The van der Waals surface area contributed by atoms with Crippen LogP contribution in [0, 0.1) is 12.8 Å². The second-order valence-corrected chi connectivity index (χ2v) is 6.18.